The van der Waals surface area contributed by atoms with E-state index in [2.05, 4.69) is 21.2 Å². The Morgan fingerprint density at radius 3 is 2.42 bits per heavy atom. The van der Waals surface area contributed by atoms with Crippen LogP contribution < -0.4 is 22.3 Å². The average molecular weight is 435 g/mol. The third kappa shape index (κ3) is 3.66. The molecule has 0 spiro atoms. The number of alkyl halides is 3. The number of halogens is 4. The molecular weight excluding hydrogens is 421 g/mol. The van der Waals surface area contributed by atoms with Gasteiger partial charge in [0, 0.05) is 24.3 Å². The van der Waals surface area contributed by atoms with Crippen molar-refractivity contribution in [2.75, 3.05) is 17.6 Å². The van der Waals surface area contributed by atoms with E-state index in [9.17, 15) is 27.6 Å². The Hall–Kier alpha value is -2.56. The van der Waals surface area contributed by atoms with Crippen LogP contribution in [0.25, 0.3) is 0 Å². The number of carbonyl (C=O) groups excluding carboxylic acids is 1. The lowest BCUT2D eigenvalue weighted by Gasteiger charge is -2.13. The zero-order valence-corrected chi connectivity index (χ0v) is 15.2. The van der Waals surface area contributed by atoms with Crippen LogP contribution in [0.4, 0.5) is 24.7 Å². The van der Waals surface area contributed by atoms with Crippen molar-refractivity contribution in [3.8, 4) is 0 Å². The van der Waals surface area contributed by atoms with Gasteiger partial charge >= 0.3 is 11.9 Å². The molecule has 0 aliphatic heterocycles. The number of rotatable bonds is 4. The Bertz CT molecular complexity index is 995. The van der Waals surface area contributed by atoms with Gasteiger partial charge in [-0.25, -0.2) is 4.79 Å². The normalized spacial score (nSPS) is 11.5. The number of hydrogen-bond acceptors (Lipinski definition) is 5. The predicted octanol–water partition coefficient (Wildman–Crippen LogP) is 1.74. The van der Waals surface area contributed by atoms with E-state index in [0.717, 1.165) is 15.2 Å². The lowest BCUT2D eigenvalue weighted by molar-refractivity contribution is -0.138. The molecule has 0 unspecified atom stereocenters. The van der Waals surface area contributed by atoms with E-state index in [1.54, 1.807) is 0 Å². The minimum atomic E-state index is -4.57. The molecule has 0 aliphatic carbocycles. The highest BCUT2D eigenvalue weighted by atomic mass is 79.9. The first-order chi connectivity index (χ1) is 11.9. The summed E-state index contributed by atoms with van der Waals surface area (Å²) in [6.07, 6.45) is -4.57. The molecule has 1 aromatic heterocycles. The van der Waals surface area contributed by atoms with Gasteiger partial charge in [0.1, 0.15) is 11.4 Å². The van der Waals surface area contributed by atoms with Crippen LogP contribution in [-0.4, -0.2) is 21.5 Å². The van der Waals surface area contributed by atoms with E-state index in [1.807, 2.05) is 0 Å². The molecule has 1 heterocycles. The topological polar surface area (TPSA) is 99.1 Å². The third-order valence-corrected chi connectivity index (χ3v) is 4.41. The lowest BCUT2D eigenvalue weighted by atomic mass is 10.1. The number of nitrogens with zero attached hydrogens (tertiary/aromatic N) is 2. The summed E-state index contributed by atoms with van der Waals surface area (Å²) in [5, 5.41) is 2.53. The zero-order chi connectivity index (χ0) is 19.8. The Kier molecular flexibility index (Phi) is 5.31. The van der Waals surface area contributed by atoms with Crippen LogP contribution in [0.15, 0.2) is 32.3 Å². The van der Waals surface area contributed by atoms with Crippen molar-refractivity contribution in [2.45, 2.75) is 6.18 Å². The largest absolute Gasteiger partial charge is 0.417 e. The van der Waals surface area contributed by atoms with Crippen LogP contribution in [0.2, 0.25) is 0 Å². The number of Topliss-reactive ketones (excluding diaryl/α,β-unsaturated/α-hetero) is 1. The second-order valence-corrected chi connectivity index (χ2v) is 6.29. The molecule has 0 radical (unpaired) electrons. The number of ketones is 1. The summed E-state index contributed by atoms with van der Waals surface area (Å²) in [4.78, 5) is 36.2. The molecule has 0 saturated carbocycles. The molecule has 11 heteroatoms. The summed E-state index contributed by atoms with van der Waals surface area (Å²) >= 11 is 2.82. The molecule has 0 aliphatic rings. The number of benzene rings is 1. The molecule has 0 atom stereocenters. The Morgan fingerprint density at radius 2 is 1.85 bits per heavy atom. The second-order valence-electron chi connectivity index (χ2n) is 5.44. The fourth-order valence-corrected chi connectivity index (χ4v) is 2.72. The van der Waals surface area contributed by atoms with Gasteiger partial charge in [0.15, 0.2) is 5.78 Å². The van der Waals surface area contributed by atoms with Gasteiger partial charge in [0.25, 0.3) is 5.56 Å². The van der Waals surface area contributed by atoms with E-state index >= 15 is 0 Å². The van der Waals surface area contributed by atoms with Gasteiger partial charge in [-0.05, 0) is 18.2 Å². The number of anilines is 2. The van der Waals surface area contributed by atoms with E-state index in [-0.39, 0.29) is 16.0 Å². The Labute approximate surface area is 153 Å². The molecule has 140 valence electrons. The highest BCUT2D eigenvalue weighted by Gasteiger charge is 2.33. The number of nitrogens with two attached hydrogens (primary N) is 1. The molecular formula is C15H14BrF3N4O3. The lowest BCUT2D eigenvalue weighted by Crippen LogP contribution is -2.42. The van der Waals surface area contributed by atoms with Crippen molar-refractivity contribution in [2.24, 2.45) is 14.1 Å². The van der Waals surface area contributed by atoms with Gasteiger partial charge in [0.2, 0.25) is 0 Å². The van der Waals surface area contributed by atoms with Gasteiger partial charge < -0.3 is 11.1 Å². The molecule has 0 amide bonds. The molecule has 0 bridgehead atoms. The molecule has 7 nitrogen and oxygen atoms in total. The monoisotopic (exact) mass is 434 g/mol. The molecule has 0 saturated heterocycles. The Morgan fingerprint density at radius 1 is 1.23 bits per heavy atom. The number of nitrogen functional groups attached to an aromatic ring is 1. The van der Waals surface area contributed by atoms with Crippen LogP contribution in [-0.2, 0) is 20.3 Å². The van der Waals surface area contributed by atoms with Gasteiger partial charge in [0.05, 0.1) is 12.1 Å². The smallest absolute Gasteiger partial charge is 0.384 e. The van der Waals surface area contributed by atoms with Crippen molar-refractivity contribution in [3.63, 3.8) is 0 Å². The van der Waals surface area contributed by atoms with E-state index in [4.69, 9.17) is 5.73 Å². The molecule has 2 rings (SSSR count). The van der Waals surface area contributed by atoms with Crippen molar-refractivity contribution < 1.29 is 18.0 Å². The Balaban J connectivity index is 2.31. The van der Waals surface area contributed by atoms with Crippen molar-refractivity contribution in [1.82, 2.24) is 9.13 Å². The standard InChI is InChI=1S/C15H14BrF3N4O3/c1-22-12(20)11(13(25)23(2)14(22)26)10(24)6-21-7-3-4-9(16)8(5-7)15(17,18)19/h3-5,21H,6,20H2,1-2H3. The van der Waals surface area contributed by atoms with Gasteiger partial charge in [-0.1, -0.05) is 15.9 Å². The number of hydrogen-bond donors (Lipinski definition) is 2. The third-order valence-electron chi connectivity index (χ3n) is 3.71. The zero-order valence-electron chi connectivity index (χ0n) is 13.6. The van der Waals surface area contributed by atoms with Crippen LogP contribution in [0.3, 0.4) is 0 Å². The maximum Gasteiger partial charge on any atom is 0.417 e. The van der Waals surface area contributed by atoms with Gasteiger partial charge in [-0.2, -0.15) is 13.2 Å². The second kappa shape index (κ2) is 6.98. The SMILES string of the molecule is Cn1c(N)c(C(=O)CNc2ccc(Br)c(C(F)(F)F)c2)c(=O)n(C)c1=O. The van der Waals surface area contributed by atoms with E-state index in [0.29, 0.717) is 0 Å². The average Bonchev–Trinajstić information content (AvgIpc) is 2.56. The predicted molar refractivity (Wildman–Crippen MR) is 93.3 cm³/mol. The molecule has 3 N–H and O–H groups in total. The summed E-state index contributed by atoms with van der Waals surface area (Å²) in [6.45, 7) is -0.476. The van der Waals surface area contributed by atoms with Crippen molar-refractivity contribution >= 4 is 33.2 Å². The first-order valence-electron chi connectivity index (χ1n) is 7.14. The fraction of sp³-hybridized carbons (Fsp3) is 0.267. The summed E-state index contributed by atoms with van der Waals surface area (Å²) in [5.74, 6) is -1.06. The van der Waals surface area contributed by atoms with Crippen LogP contribution >= 0.6 is 15.9 Å². The number of aromatic nitrogens is 2. The van der Waals surface area contributed by atoms with Crippen molar-refractivity contribution in [1.29, 1.82) is 0 Å². The highest BCUT2D eigenvalue weighted by Crippen LogP contribution is 2.36. The highest BCUT2D eigenvalue weighted by molar-refractivity contribution is 9.10. The summed E-state index contributed by atoms with van der Waals surface area (Å²) in [5.41, 5.74) is 2.82. The van der Waals surface area contributed by atoms with E-state index < -0.39 is 40.9 Å². The molecule has 0 fully saturated rings. The number of carbonyl (C=O) groups is 1. The summed E-state index contributed by atoms with van der Waals surface area (Å²) in [7, 11) is 2.49. The van der Waals surface area contributed by atoms with E-state index in [1.165, 1.54) is 26.2 Å². The minimum absolute atomic E-state index is 0.0362. The van der Waals surface area contributed by atoms with Gasteiger partial charge in [-0.15, -0.1) is 0 Å². The molecule has 2 aromatic rings. The summed E-state index contributed by atoms with van der Waals surface area (Å²) < 4.78 is 40.2. The number of nitrogens with one attached hydrogen (secondary N) is 1. The maximum atomic E-state index is 12.9. The van der Waals surface area contributed by atoms with Crippen LogP contribution in [0.1, 0.15) is 15.9 Å². The quantitative estimate of drug-likeness (QED) is 0.714. The van der Waals surface area contributed by atoms with Gasteiger partial charge in [-0.3, -0.25) is 18.7 Å². The van der Waals surface area contributed by atoms with Crippen LogP contribution in [0.5, 0.6) is 0 Å². The first kappa shape index (κ1) is 19.8. The first-order valence-corrected chi connectivity index (χ1v) is 7.93. The molecule has 1 aromatic carbocycles. The summed E-state index contributed by atoms with van der Waals surface area (Å²) in [6, 6.07) is 3.36. The molecule has 26 heavy (non-hydrogen) atoms. The maximum absolute atomic E-state index is 12.9. The van der Waals surface area contributed by atoms with Crippen LogP contribution in [0, 0.1) is 0 Å². The van der Waals surface area contributed by atoms with Crippen molar-refractivity contribution in [3.05, 3.63) is 54.6 Å². The minimum Gasteiger partial charge on any atom is -0.384 e. The fourth-order valence-electron chi connectivity index (χ4n) is 2.25.